The summed E-state index contributed by atoms with van der Waals surface area (Å²) in [5, 5.41) is 0.843. The largest absolute Gasteiger partial charge is 0.326 e. The predicted octanol–water partition coefficient (Wildman–Crippen LogP) is 4.63. The maximum Gasteiger partial charge on any atom is 0.0513 e. The van der Waals surface area contributed by atoms with E-state index in [0.29, 0.717) is 5.41 Å². The third kappa shape index (κ3) is 3.80. The second-order valence-corrected chi connectivity index (χ2v) is 7.15. The number of rotatable bonds is 5. The molecule has 0 spiro atoms. The minimum Gasteiger partial charge on any atom is -0.326 e. The number of piperidine rings is 1. The fourth-order valence-corrected chi connectivity index (χ4v) is 3.58. The van der Waals surface area contributed by atoms with E-state index in [4.69, 9.17) is 17.3 Å². The lowest BCUT2D eigenvalue weighted by Gasteiger charge is -2.44. The number of hydrogen-bond donors (Lipinski definition) is 1. The van der Waals surface area contributed by atoms with Crippen LogP contribution in [0.3, 0.4) is 0 Å². The highest BCUT2D eigenvalue weighted by molar-refractivity contribution is 6.31. The molecule has 2 nitrogen and oxygen atoms in total. The van der Waals surface area contributed by atoms with Gasteiger partial charge in [-0.1, -0.05) is 57.0 Å². The van der Waals surface area contributed by atoms with Crippen molar-refractivity contribution in [1.29, 1.82) is 0 Å². The van der Waals surface area contributed by atoms with Crippen molar-refractivity contribution in [3.63, 3.8) is 0 Å². The summed E-state index contributed by atoms with van der Waals surface area (Å²) in [5.41, 5.74) is 8.14. The molecule has 0 aliphatic carbocycles. The average molecular weight is 309 g/mol. The number of halogens is 1. The van der Waals surface area contributed by atoms with E-state index in [1.165, 1.54) is 24.8 Å². The Kier molecular flexibility index (Phi) is 5.70. The lowest BCUT2D eigenvalue weighted by molar-refractivity contribution is 0.0693. The summed E-state index contributed by atoms with van der Waals surface area (Å²) in [6.07, 6.45) is 4.73. The summed E-state index contributed by atoms with van der Waals surface area (Å²) in [6, 6.07) is 8.55. The van der Waals surface area contributed by atoms with Gasteiger partial charge in [-0.2, -0.15) is 0 Å². The number of nitrogens with zero attached hydrogens (tertiary/aromatic N) is 1. The smallest absolute Gasteiger partial charge is 0.0513 e. The first-order chi connectivity index (χ1) is 10.0. The third-order valence-corrected chi connectivity index (χ3v) is 5.70. The Balaban J connectivity index is 2.21. The van der Waals surface area contributed by atoms with Crippen LogP contribution in [-0.4, -0.2) is 24.0 Å². The molecule has 2 N–H and O–H groups in total. The molecule has 2 rings (SSSR count). The van der Waals surface area contributed by atoms with Crippen LogP contribution in [0.25, 0.3) is 0 Å². The lowest BCUT2D eigenvalue weighted by Crippen LogP contribution is -2.46. The van der Waals surface area contributed by atoms with E-state index in [-0.39, 0.29) is 12.1 Å². The molecule has 1 aromatic carbocycles. The van der Waals surface area contributed by atoms with Crippen LogP contribution in [0.5, 0.6) is 0 Å². The summed E-state index contributed by atoms with van der Waals surface area (Å²) in [7, 11) is 0. The predicted molar refractivity (Wildman–Crippen MR) is 91.7 cm³/mol. The maximum atomic E-state index is 6.45. The summed E-state index contributed by atoms with van der Waals surface area (Å²) < 4.78 is 0. The Morgan fingerprint density at radius 3 is 2.38 bits per heavy atom. The fraction of sp³-hybridized carbons (Fsp3) is 0.667. The van der Waals surface area contributed by atoms with E-state index >= 15 is 0 Å². The van der Waals surface area contributed by atoms with Gasteiger partial charge < -0.3 is 5.73 Å². The Morgan fingerprint density at radius 1 is 1.24 bits per heavy atom. The van der Waals surface area contributed by atoms with Crippen molar-refractivity contribution in [1.82, 2.24) is 4.90 Å². The molecule has 0 aromatic heterocycles. The quantitative estimate of drug-likeness (QED) is 0.859. The second kappa shape index (κ2) is 7.13. The van der Waals surface area contributed by atoms with Crippen molar-refractivity contribution in [3.8, 4) is 0 Å². The molecule has 118 valence electrons. The van der Waals surface area contributed by atoms with Gasteiger partial charge in [0.05, 0.1) is 6.04 Å². The van der Waals surface area contributed by atoms with Gasteiger partial charge in [0.15, 0.2) is 0 Å². The van der Waals surface area contributed by atoms with Gasteiger partial charge in [0, 0.05) is 11.1 Å². The van der Waals surface area contributed by atoms with Gasteiger partial charge in [-0.15, -0.1) is 0 Å². The normalized spacial score (nSPS) is 22.0. The minimum absolute atomic E-state index is 0.135. The zero-order chi connectivity index (χ0) is 15.5. The van der Waals surface area contributed by atoms with Crippen LogP contribution >= 0.6 is 11.6 Å². The van der Waals surface area contributed by atoms with Crippen LogP contribution < -0.4 is 5.73 Å². The van der Waals surface area contributed by atoms with Gasteiger partial charge in [0.25, 0.3) is 0 Å². The van der Waals surface area contributed by atoms with Crippen LogP contribution in [0.15, 0.2) is 24.3 Å². The number of hydrogen-bond acceptors (Lipinski definition) is 2. The SMILES string of the molecule is CCC(N)C(c1ccccc1Cl)N1CCC(C)(CC)CC1. The molecule has 0 bridgehead atoms. The van der Waals surface area contributed by atoms with Gasteiger partial charge in [0.2, 0.25) is 0 Å². The van der Waals surface area contributed by atoms with Crippen LogP contribution in [0.4, 0.5) is 0 Å². The van der Waals surface area contributed by atoms with E-state index in [2.05, 4.69) is 37.8 Å². The molecule has 0 amide bonds. The van der Waals surface area contributed by atoms with E-state index in [1.54, 1.807) is 0 Å². The lowest BCUT2D eigenvalue weighted by atomic mass is 9.77. The van der Waals surface area contributed by atoms with Gasteiger partial charge in [-0.05, 0) is 49.4 Å². The van der Waals surface area contributed by atoms with Crippen LogP contribution in [0.1, 0.15) is 58.1 Å². The molecule has 3 heteroatoms. The second-order valence-electron chi connectivity index (χ2n) is 6.74. The van der Waals surface area contributed by atoms with Crippen LogP contribution in [-0.2, 0) is 0 Å². The first-order valence-electron chi connectivity index (χ1n) is 8.25. The molecule has 2 atom stereocenters. The minimum atomic E-state index is 0.135. The molecule has 1 aromatic rings. The Labute approximate surface area is 134 Å². The standard InChI is InChI=1S/C18H29ClN2/c1-4-16(20)17(14-8-6-7-9-15(14)19)21-12-10-18(3,5-2)11-13-21/h6-9,16-17H,4-5,10-13,20H2,1-3H3. The number of likely N-dealkylation sites (tertiary alicyclic amines) is 1. The first kappa shape index (κ1) is 16.8. The van der Waals surface area contributed by atoms with Crippen LogP contribution in [0, 0.1) is 5.41 Å². The van der Waals surface area contributed by atoms with Crippen molar-refractivity contribution in [2.24, 2.45) is 11.1 Å². The molecular formula is C18H29ClN2. The summed E-state index contributed by atoms with van der Waals surface area (Å²) in [5.74, 6) is 0. The van der Waals surface area contributed by atoms with Crippen LogP contribution in [0.2, 0.25) is 5.02 Å². The molecule has 21 heavy (non-hydrogen) atoms. The molecule has 0 saturated carbocycles. The summed E-state index contributed by atoms with van der Waals surface area (Å²) >= 11 is 6.44. The highest BCUT2D eigenvalue weighted by Gasteiger charge is 2.34. The molecule has 1 heterocycles. The molecule has 0 radical (unpaired) electrons. The van der Waals surface area contributed by atoms with Gasteiger partial charge in [-0.3, -0.25) is 4.90 Å². The van der Waals surface area contributed by atoms with E-state index in [1.807, 2.05) is 12.1 Å². The van der Waals surface area contributed by atoms with Gasteiger partial charge >= 0.3 is 0 Å². The number of benzene rings is 1. The van der Waals surface area contributed by atoms with Crippen molar-refractivity contribution < 1.29 is 0 Å². The molecule has 1 aliphatic heterocycles. The molecule has 1 saturated heterocycles. The topological polar surface area (TPSA) is 29.3 Å². The zero-order valence-electron chi connectivity index (χ0n) is 13.6. The Bertz CT molecular complexity index is 452. The van der Waals surface area contributed by atoms with E-state index in [0.717, 1.165) is 24.5 Å². The van der Waals surface area contributed by atoms with E-state index in [9.17, 15) is 0 Å². The Morgan fingerprint density at radius 2 is 1.86 bits per heavy atom. The van der Waals surface area contributed by atoms with E-state index < -0.39 is 0 Å². The fourth-order valence-electron chi connectivity index (χ4n) is 3.33. The molecule has 1 fully saturated rings. The van der Waals surface area contributed by atoms with Crippen molar-refractivity contribution in [3.05, 3.63) is 34.9 Å². The van der Waals surface area contributed by atoms with Gasteiger partial charge in [0.1, 0.15) is 0 Å². The average Bonchev–Trinajstić information content (AvgIpc) is 2.51. The molecule has 1 aliphatic rings. The molecule has 2 unspecified atom stereocenters. The van der Waals surface area contributed by atoms with Crippen molar-refractivity contribution >= 4 is 11.6 Å². The Hall–Kier alpha value is -0.570. The van der Waals surface area contributed by atoms with Gasteiger partial charge in [-0.25, -0.2) is 0 Å². The monoisotopic (exact) mass is 308 g/mol. The highest BCUT2D eigenvalue weighted by Crippen LogP contribution is 2.39. The van der Waals surface area contributed by atoms with Crippen molar-refractivity contribution in [2.75, 3.05) is 13.1 Å². The molecular weight excluding hydrogens is 280 g/mol. The summed E-state index contributed by atoms with van der Waals surface area (Å²) in [4.78, 5) is 2.55. The highest BCUT2D eigenvalue weighted by atomic mass is 35.5. The first-order valence-corrected chi connectivity index (χ1v) is 8.62. The number of nitrogens with two attached hydrogens (primary N) is 1. The zero-order valence-corrected chi connectivity index (χ0v) is 14.4. The van der Waals surface area contributed by atoms with Crippen molar-refractivity contribution in [2.45, 2.75) is 58.5 Å². The summed E-state index contributed by atoms with van der Waals surface area (Å²) in [6.45, 7) is 9.12. The third-order valence-electron chi connectivity index (χ3n) is 5.35. The maximum absolute atomic E-state index is 6.45.